The van der Waals surface area contributed by atoms with Crippen LogP contribution in [0.1, 0.15) is 98.3 Å². The first-order valence-corrected chi connectivity index (χ1v) is 9.47. The molecule has 0 bridgehead atoms. The van der Waals surface area contributed by atoms with Crippen LogP contribution in [0.2, 0.25) is 0 Å². The number of carboxylic acids is 1. The van der Waals surface area contributed by atoms with E-state index in [0.29, 0.717) is 6.42 Å². The molecule has 0 atom stereocenters. The fourth-order valence-electron chi connectivity index (χ4n) is 2.90. The van der Waals surface area contributed by atoms with Crippen LogP contribution in [-0.4, -0.2) is 22.6 Å². The molecule has 4 nitrogen and oxygen atoms in total. The van der Waals surface area contributed by atoms with Crippen molar-refractivity contribution < 1.29 is 19.5 Å². The number of carbonyl (C=O) groups excluding carboxylic acids is 2. The van der Waals surface area contributed by atoms with Gasteiger partial charge in [-0.1, -0.05) is 82.9 Å². The van der Waals surface area contributed by atoms with E-state index in [1.54, 1.807) is 12.1 Å². The van der Waals surface area contributed by atoms with E-state index in [2.05, 4.69) is 6.92 Å². The van der Waals surface area contributed by atoms with Gasteiger partial charge in [-0.15, -0.1) is 0 Å². The summed E-state index contributed by atoms with van der Waals surface area (Å²) in [7, 11) is 0. The van der Waals surface area contributed by atoms with Crippen LogP contribution < -0.4 is 0 Å². The Morgan fingerprint density at radius 3 is 1.76 bits per heavy atom. The number of benzene rings is 1. The van der Waals surface area contributed by atoms with Gasteiger partial charge in [0.15, 0.2) is 0 Å². The molecule has 25 heavy (non-hydrogen) atoms. The summed E-state index contributed by atoms with van der Waals surface area (Å²) in [6, 6.07) is 5.88. The van der Waals surface area contributed by atoms with Gasteiger partial charge in [-0.3, -0.25) is 9.59 Å². The highest BCUT2D eigenvalue weighted by atomic mass is 16.4. The summed E-state index contributed by atoms with van der Waals surface area (Å²) in [5.74, 6) is -2.36. The van der Waals surface area contributed by atoms with Gasteiger partial charge < -0.3 is 5.11 Å². The zero-order valence-corrected chi connectivity index (χ0v) is 15.3. The van der Waals surface area contributed by atoms with Crippen molar-refractivity contribution in [2.45, 2.75) is 77.6 Å². The highest BCUT2D eigenvalue weighted by molar-refractivity contribution is 6.44. The van der Waals surface area contributed by atoms with Crippen LogP contribution in [0.15, 0.2) is 24.3 Å². The third kappa shape index (κ3) is 8.10. The zero-order valence-electron chi connectivity index (χ0n) is 15.3. The van der Waals surface area contributed by atoms with Crippen LogP contribution in [0.3, 0.4) is 0 Å². The molecule has 0 spiro atoms. The van der Waals surface area contributed by atoms with Crippen LogP contribution in [-0.2, 0) is 4.79 Å². The molecule has 0 heterocycles. The summed E-state index contributed by atoms with van der Waals surface area (Å²) in [5.41, 5.74) is -0.115. The summed E-state index contributed by atoms with van der Waals surface area (Å²) >= 11 is 0. The van der Waals surface area contributed by atoms with Crippen molar-refractivity contribution in [1.82, 2.24) is 0 Å². The Bertz CT molecular complexity index is 563. The molecule has 0 saturated carbocycles. The summed E-state index contributed by atoms with van der Waals surface area (Å²) in [4.78, 5) is 35.3. The van der Waals surface area contributed by atoms with E-state index in [4.69, 9.17) is 5.11 Å². The SMILES string of the molecule is CCCCCCCCCCCCC(=O)C(=O)c1ccccc1C(=O)O. The highest BCUT2D eigenvalue weighted by Crippen LogP contribution is 2.14. The number of unbranched alkanes of at least 4 members (excludes halogenated alkanes) is 9. The lowest BCUT2D eigenvalue weighted by atomic mass is 9.98. The van der Waals surface area contributed by atoms with Crippen molar-refractivity contribution in [2.24, 2.45) is 0 Å². The molecule has 1 aromatic rings. The second-order valence-corrected chi connectivity index (χ2v) is 6.54. The van der Waals surface area contributed by atoms with E-state index in [1.165, 1.54) is 57.1 Å². The van der Waals surface area contributed by atoms with Gasteiger partial charge in [0.1, 0.15) is 0 Å². The average molecular weight is 346 g/mol. The predicted molar refractivity (Wildman–Crippen MR) is 99.2 cm³/mol. The van der Waals surface area contributed by atoms with Gasteiger partial charge in [0.25, 0.3) is 0 Å². The largest absolute Gasteiger partial charge is 0.478 e. The number of carboxylic acid groups (broad SMARTS) is 1. The summed E-state index contributed by atoms with van der Waals surface area (Å²) in [5, 5.41) is 9.10. The molecule has 0 aliphatic rings. The number of ketones is 2. The van der Waals surface area contributed by atoms with Gasteiger partial charge in [-0.2, -0.15) is 0 Å². The lowest BCUT2D eigenvalue weighted by Crippen LogP contribution is -2.17. The third-order valence-corrected chi connectivity index (χ3v) is 4.41. The van der Waals surface area contributed by atoms with E-state index < -0.39 is 17.5 Å². The molecule has 1 aromatic carbocycles. The molecular weight excluding hydrogens is 316 g/mol. The number of hydrogen-bond acceptors (Lipinski definition) is 3. The summed E-state index contributed by atoms with van der Waals surface area (Å²) in [6.07, 6.45) is 11.8. The Morgan fingerprint density at radius 1 is 0.760 bits per heavy atom. The first kappa shape index (κ1) is 21.1. The van der Waals surface area contributed by atoms with Crippen molar-refractivity contribution in [3.63, 3.8) is 0 Å². The van der Waals surface area contributed by atoms with Gasteiger partial charge in [0.05, 0.1) is 5.56 Å². The van der Waals surface area contributed by atoms with Crippen molar-refractivity contribution in [3.8, 4) is 0 Å². The minimum atomic E-state index is -1.18. The van der Waals surface area contributed by atoms with Crippen molar-refractivity contribution in [3.05, 3.63) is 35.4 Å². The van der Waals surface area contributed by atoms with E-state index in [1.807, 2.05) is 0 Å². The number of aromatic carboxylic acids is 1. The molecule has 0 radical (unpaired) electrons. The van der Waals surface area contributed by atoms with Crippen LogP contribution in [0.4, 0.5) is 0 Å². The zero-order chi connectivity index (χ0) is 18.5. The standard InChI is InChI=1S/C21H30O4/c1-2-3-4-5-6-7-8-9-10-11-16-19(22)20(23)17-14-12-13-15-18(17)21(24)25/h12-15H,2-11,16H2,1H3,(H,24,25). The summed E-state index contributed by atoms with van der Waals surface area (Å²) < 4.78 is 0. The number of carbonyl (C=O) groups is 3. The smallest absolute Gasteiger partial charge is 0.336 e. The molecule has 0 amide bonds. The molecule has 0 saturated heterocycles. The first-order valence-electron chi connectivity index (χ1n) is 9.47. The van der Waals surface area contributed by atoms with Crippen LogP contribution >= 0.6 is 0 Å². The Morgan fingerprint density at radius 2 is 1.24 bits per heavy atom. The molecule has 138 valence electrons. The minimum Gasteiger partial charge on any atom is -0.478 e. The van der Waals surface area contributed by atoms with Crippen LogP contribution in [0.25, 0.3) is 0 Å². The monoisotopic (exact) mass is 346 g/mol. The molecular formula is C21H30O4. The first-order chi connectivity index (χ1) is 12.1. The molecule has 1 N–H and O–H groups in total. The molecule has 0 aliphatic heterocycles. The van der Waals surface area contributed by atoms with Gasteiger partial charge in [0.2, 0.25) is 11.6 Å². The van der Waals surface area contributed by atoms with Crippen LogP contribution in [0, 0.1) is 0 Å². The lowest BCUT2D eigenvalue weighted by molar-refractivity contribution is -0.115. The number of Topliss-reactive ketones (excluding diaryl/α,β-unsaturated/α-hetero) is 2. The fraction of sp³-hybridized carbons (Fsp3) is 0.571. The molecule has 0 unspecified atom stereocenters. The third-order valence-electron chi connectivity index (χ3n) is 4.41. The second kappa shape index (κ2) is 12.4. The molecule has 1 rings (SSSR count). The fourth-order valence-corrected chi connectivity index (χ4v) is 2.90. The molecule has 0 aromatic heterocycles. The predicted octanol–water partition coefficient (Wildman–Crippen LogP) is 5.45. The maximum Gasteiger partial charge on any atom is 0.336 e. The quantitative estimate of drug-likeness (QED) is 0.276. The maximum atomic E-state index is 12.1. The number of hydrogen-bond donors (Lipinski definition) is 1. The summed E-state index contributed by atoms with van der Waals surface area (Å²) in [6.45, 7) is 2.21. The van der Waals surface area contributed by atoms with E-state index in [-0.39, 0.29) is 17.5 Å². The highest BCUT2D eigenvalue weighted by Gasteiger charge is 2.21. The van der Waals surface area contributed by atoms with Gasteiger partial charge in [0, 0.05) is 12.0 Å². The van der Waals surface area contributed by atoms with Gasteiger partial charge >= 0.3 is 5.97 Å². The van der Waals surface area contributed by atoms with Crippen LogP contribution in [0.5, 0.6) is 0 Å². The normalized spacial score (nSPS) is 10.6. The second-order valence-electron chi connectivity index (χ2n) is 6.54. The van der Waals surface area contributed by atoms with E-state index in [9.17, 15) is 14.4 Å². The van der Waals surface area contributed by atoms with Crippen molar-refractivity contribution in [2.75, 3.05) is 0 Å². The molecule has 0 fully saturated rings. The van der Waals surface area contributed by atoms with Crippen molar-refractivity contribution in [1.29, 1.82) is 0 Å². The Kier molecular flexibility index (Phi) is 10.5. The maximum absolute atomic E-state index is 12.1. The Hall–Kier alpha value is -1.97. The average Bonchev–Trinajstić information content (AvgIpc) is 2.62. The molecule has 0 aliphatic carbocycles. The van der Waals surface area contributed by atoms with Crippen molar-refractivity contribution >= 4 is 17.5 Å². The Balaban J connectivity index is 2.22. The topological polar surface area (TPSA) is 71.4 Å². The van der Waals surface area contributed by atoms with E-state index >= 15 is 0 Å². The minimum absolute atomic E-state index is 0.00733. The number of rotatable bonds is 14. The molecule has 4 heteroatoms. The van der Waals surface area contributed by atoms with Gasteiger partial charge in [-0.05, 0) is 12.5 Å². The Labute approximate surface area is 150 Å². The van der Waals surface area contributed by atoms with E-state index in [0.717, 1.165) is 12.8 Å². The van der Waals surface area contributed by atoms with Gasteiger partial charge in [-0.25, -0.2) is 4.79 Å². The lowest BCUT2D eigenvalue weighted by Gasteiger charge is -2.05.